The topological polar surface area (TPSA) is 80.4 Å². The third-order valence-electron chi connectivity index (χ3n) is 2.95. The lowest BCUT2D eigenvalue weighted by Crippen LogP contribution is -2.17. The fourth-order valence-corrected chi connectivity index (χ4v) is 2.07. The maximum Gasteiger partial charge on any atom is 0.271 e. The largest absolute Gasteiger partial charge is 0.455 e. The van der Waals surface area contributed by atoms with E-state index >= 15 is 0 Å². The Bertz CT molecular complexity index is 846. The minimum atomic E-state index is -0.328. The van der Waals surface area contributed by atoms with Gasteiger partial charge in [0.05, 0.1) is 11.8 Å². The van der Waals surface area contributed by atoms with Gasteiger partial charge in [-0.1, -0.05) is 11.6 Å². The molecular formula is C16H11ClN4O2. The molecule has 0 aromatic carbocycles. The Morgan fingerprint density at radius 3 is 2.78 bits per heavy atom. The average molecular weight is 327 g/mol. The Hall–Kier alpha value is -2.99. The van der Waals surface area contributed by atoms with Crippen LogP contribution in [0.3, 0.4) is 0 Å². The van der Waals surface area contributed by atoms with Crippen molar-refractivity contribution in [2.24, 2.45) is 5.10 Å². The van der Waals surface area contributed by atoms with E-state index in [4.69, 9.17) is 16.0 Å². The number of furan rings is 1. The number of carbonyl (C=O) groups excluding carboxylic acids is 1. The average Bonchev–Trinajstić information content (AvgIpc) is 3.04. The molecule has 3 aromatic rings. The molecule has 1 N–H and O–H groups in total. The van der Waals surface area contributed by atoms with E-state index in [1.165, 1.54) is 18.6 Å². The lowest BCUT2D eigenvalue weighted by Gasteiger charge is -1.98. The molecule has 0 unspecified atom stereocenters. The first-order valence-corrected chi connectivity index (χ1v) is 7.06. The van der Waals surface area contributed by atoms with E-state index in [1.807, 2.05) is 0 Å². The minimum absolute atomic E-state index is 0.328. The normalized spacial score (nSPS) is 10.8. The predicted octanol–water partition coefficient (Wildman–Crippen LogP) is 3.15. The summed E-state index contributed by atoms with van der Waals surface area (Å²) in [4.78, 5) is 19.6. The van der Waals surface area contributed by atoms with E-state index in [1.54, 1.807) is 42.6 Å². The van der Waals surface area contributed by atoms with Gasteiger partial charge in [-0.2, -0.15) is 5.10 Å². The monoisotopic (exact) mass is 326 g/mol. The van der Waals surface area contributed by atoms with Crippen LogP contribution in [-0.2, 0) is 0 Å². The summed E-state index contributed by atoms with van der Waals surface area (Å²) in [5.74, 6) is 0.727. The van der Waals surface area contributed by atoms with Crippen LogP contribution >= 0.6 is 11.6 Å². The molecule has 0 fully saturated rings. The first kappa shape index (κ1) is 14.9. The molecule has 6 nitrogen and oxygen atoms in total. The van der Waals surface area contributed by atoms with Crippen LogP contribution in [0, 0.1) is 0 Å². The van der Waals surface area contributed by atoms with E-state index in [-0.39, 0.29) is 5.91 Å². The van der Waals surface area contributed by atoms with Gasteiger partial charge < -0.3 is 4.42 Å². The second kappa shape index (κ2) is 6.85. The van der Waals surface area contributed by atoms with Crippen molar-refractivity contribution in [1.82, 2.24) is 15.4 Å². The summed E-state index contributed by atoms with van der Waals surface area (Å²) in [6, 6.07) is 10.3. The maximum absolute atomic E-state index is 11.8. The van der Waals surface area contributed by atoms with Crippen LogP contribution in [0.4, 0.5) is 0 Å². The van der Waals surface area contributed by atoms with E-state index in [0.29, 0.717) is 27.8 Å². The fourth-order valence-electron chi connectivity index (χ4n) is 1.86. The number of carbonyl (C=O) groups is 1. The number of pyridine rings is 2. The molecule has 114 valence electrons. The molecule has 0 radical (unpaired) electrons. The number of rotatable bonds is 4. The molecular weight excluding hydrogens is 316 g/mol. The predicted molar refractivity (Wildman–Crippen MR) is 86.2 cm³/mol. The standard InChI is InChI=1S/C16H11ClN4O2/c17-15-13(2-1-7-19-15)14-4-3-12(23-14)10-20-21-16(22)11-5-8-18-9-6-11/h1-10H,(H,21,22)/b20-10+. The maximum atomic E-state index is 11.8. The first-order chi connectivity index (χ1) is 11.2. The number of hydrogen-bond acceptors (Lipinski definition) is 5. The molecule has 3 heterocycles. The third kappa shape index (κ3) is 3.61. The number of amides is 1. The zero-order valence-corrected chi connectivity index (χ0v) is 12.6. The summed E-state index contributed by atoms with van der Waals surface area (Å²) in [7, 11) is 0. The lowest BCUT2D eigenvalue weighted by molar-refractivity contribution is 0.0955. The van der Waals surface area contributed by atoms with E-state index in [9.17, 15) is 4.79 Å². The summed E-state index contributed by atoms with van der Waals surface area (Å²) >= 11 is 6.01. The Balaban J connectivity index is 1.68. The zero-order valence-electron chi connectivity index (χ0n) is 11.8. The SMILES string of the molecule is O=C(N/N=C/c1ccc(-c2cccnc2Cl)o1)c1ccncc1. The fraction of sp³-hybridized carbons (Fsp3) is 0. The Morgan fingerprint density at radius 2 is 2.00 bits per heavy atom. The second-order valence-electron chi connectivity index (χ2n) is 4.48. The van der Waals surface area contributed by atoms with Crippen LogP contribution in [0.1, 0.15) is 16.1 Å². The van der Waals surface area contributed by atoms with Gasteiger partial charge in [0.2, 0.25) is 0 Å². The van der Waals surface area contributed by atoms with E-state index < -0.39 is 0 Å². The number of aromatic nitrogens is 2. The molecule has 1 amide bonds. The van der Waals surface area contributed by atoms with Gasteiger partial charge in [0, 0.05) is 24.2 Å². The van der Waals surface area contributed by atoms with Gasteiger partial charge in [0.15, 0.2) is 0 Å². The van der Waals surface area contributed by atoms with Crippen LogP contribution in [0.2, 0.25) is 5.15 Å². The summed E-state index contributed by atoms with van der Waals surface area (Å²) in [6.45, 7) is 0. The van der Waals surface area contributed by atoms with Gasteiger partial charge in [-0.3, -0.25) is 9.78 Å². The molecule has 0 aliphatic heterocycles. The molecule has 0 saturated heterocycles. The van der Waals surface area contributed by atoms with Crippen molar-refractivity contribution in [1.29, 1.82) is 0 Å². The number of hydrogen-bond donors (Lipinski definition) is 1. The molecule has 0 spiro atoms. The Kier molecular flexibility index (Phi) is 4.44. The number of halogens is 1. The van der Waals surface area contributed by atoms with E-state index in [2.05, 4.69) is 20.5 Å². The lowest BCUT2D eigenvalue weighted by atomic mass is 10.2. The second-order valence-corrected chi connectivity index (χ2v) is 4.84. The van der Waals surface area contributed by atoms with Gasteiger partial charge in [-0.05, 0) is 36.4 Å². The van der Waals surface area contributed by atoms with Crippen molar-refractivity contribution < 1.29 is 9.21 Å². The zero-order chi connectivity index (χ0) is 16.1. The van der Waals surface area contributed by atoms with Crippen molar-refractivity contribution in [3.8, 4) is 11.3 Å². The van der Waals surface area contributed by atoms with Gasteiger partial charge in [-0.15, -0.1) is 0 Å². The number of hydrazone groups is 1. The van der Waals surface area contributed by atoms with E-state index in [0.717, 1.165) is 0 Å². The minimum Gasteiger partial charge on any atom is -0.455 e. The highest BCUT2D eigenvalue weighted by atomic mass is 35.5. The molecule has 3 aromatic heterocycles. The van der Waals surface area contributed by atoms with Crippen LogP contribution < -0.4 is 5.43 Å². The highest BCUT2D eigenvalue weighted by molar-refractivity contribution is 6.31. The molecule has 0 atom stereocenters. The molecule has 0 aliphatic carbocycles. The molecule has 23 heavy (non-hydrogen) atoms. The van der Waals surface area contributed by atoms with Crippen LogP contribution in [-0.4, -0.2) is 22.1 Å². The van der Waals surface area contributed by atoms with Crippen molar-refractivity contribution in [3.05, 3.63) is 71.5 Å². The molecule has 0 bridgehead atoms. The number of nitrogens with one attached hydrogen (secondary N) is 1. The third-order valence-corrected chi connectivity index (χ3v) is 3.25. The van der Waals surface area contributed by atoms with Gasteiger partial charge >= 0.3 is 0 Å². The highest BCUT2D eigenvalue weighted by Gasteiger charge is 2.08. The summed E-state index contributed by atoms with van der Waals surface area (Å²) in [5.41, 5.74) is 3.57. The van der Waals surface area contributed by atoms with Crippen molar-refractivity contribution in [2.75, 3.05) is 0 Å². The molecule has 7 heteroatoms. The quantitative estimate of drug-likeness (QED) is 0.453. The highest BCUT2D eigenvalue weighted by Crippen LogP contribution is 2.26. The Labute approximate surface area is 136 Å². The summed E-state index contributed by atoms with van der Waals surface area (Å²) in [6.07, 6.45) is 6.09. The number of nitrogens with zero attached hydrogens (tertiary/aromatic N) is 3. The van der Waals surface area contributed by atoms with Crippen LogP contribution in [0.15, 0.2) is 64.5 Å². The van der Waals surface area contributed by atoms with Gasteiger partial charge in [0.25, 0.3) is 5.91 Å². The molecule has 0 aliphatic rings. The smallest absolute Gasteiger partial charge is 0.271 e. The van der Waals surface area contributed by atoms with Crippen LogP contribution in [0.25, 0.3) is 11.3 Å². The van der Waals surface area contributed by atoms with Crippen molar-refractivity contribution >= 4 is 23.7 Å². The van der Waals surface area contributed by atoms with Gasteiger partial charge in [0.1, 0.15) is 16.7 Å². The molecule has 0 saturated carbocycles. The first-order valence-electron chi connectivity index (χ1n) is 6.68. The van der Waals surface area contributed by atoms with Gasteiger partial charge in [-0.25, -0.2) is 10.4 Å². The summed E-state index contributed by atoms with van der Waals surface area (Å²) < 4.78 is 5.60. The van der Waals surface area contributed by atoms with Crippen LogP contribution in [0.5, 0.6) is 0 Å². The summed E-state index contributed by atoms with van der Waals surface area (Å²) in [5, 5.41) is 4.22. The van der Waals surface area contributed by atoms with Crippen molar-refractivity contribution in [2.45, 2.75) is 0 Å². The Morgan fingerprint density at radius 1 is 1.17 bits per heavy atom. The molecule has 3 rings (SSSR count). The van der Waals surface area contributed by atoms with Crippen molar-refractivity contribution in [3.63, 3.8) is 0 Å².